The predicted octanol–water partition coefficient (Wildman–Crippen LogP) is 4.75. The summed E-state index contributed by atoms with van der Waals surface area (Å²) in [5.74, 6) is -0.154. The number of amides is 2. The maximum Gasteiger partial charge on any atom is 0.338 e. The van der Waals surface area contributed by atoms with Crippen LogP contribution < -0.4 is 10.1 Å². The minimum absolute atomic E-state index is 0.104. The monoisotopic (exact) mass is 467 g/mol. The molecule has 0 aliphatic carbocycles. The van der Waals surface area contributed by atoms with E-state index in [1.807, 2.05) is 34.6 Å². The first kappa shape index (κ1) is 22.9. The Bertz CT molecular complexity index is 1210. The Morgan fingerprint density at radius 3 is 2.42 bits per heavy atom. The summed E-state index contributed by atoms with van der Waals surface area (Å²) in [5, 5.41) is 12.3. The van der Waals surface area contributed by atoms with E-state index in [0.717, 1.165) is 39.8 Å². The summed E-state index contributed by atoms with van der Waals surface area (Å²) in [7, 11) is 0. The Hall–Kier alpha value is -3.26. The van der Waals surface area contributed by atoms with Crippen LogP contribution in [-0.2, 0) is 9.53 Å². The number of esters is 1. The van der Waals surface area contributed by atoms with Crippen LogP contribution in [-0.4, -0.2) is 34.4 Å². The lowest BCUT2D eigenvalue weighted by atomic mass is 9.83. The number of nitrogens with one attached hydrogen (secondary N) is 1. The number of ether oxygens (including phenoxy) is 2. The van der Waals surface area contributed by atoms with Crippen LogP contribution >= 0.6 is 11.8 Å². The Morgan fingerprint density at radius 1 is 1.15 bits per heavy atom. The fourth-order valence-electron chi connectivity index (χ4n) is 4.18. The lowest BCUT2D eigenvalue weighted by Gasteiger charge is -2.26. The highest BCUT2D eigenvalue weighted by atomic mass is 32.2. The van der Waals surface area contributed by atoms with E-state index in [4.69, 9.17) is 9.47 Å². The molecule has 7 nitrogen and oxygen atoms in total. The molecule has 0 bridgehead atoms. The number of hydrogen-bond acceptors (Lipinski definition) is 7. The van der Waals surface area contributed by atoms with E-state index in [-0.39, 0.29) is 18.3 Å². The first-order valence-corrected chi connectivity index (χ1v) is 11.3. The van der Waals surface area contributed by atoms with Crippen molar-refractivity contribution in [2.75, 3.05) is 6.61 Å². The van der Waals surface area contributed by atoms with Crippen LogP contribution in [0.5, 0.6) is 11.5 Å². The van der Waals surface area contributed by atoms with Crippen molar-refractivity contribution in [2.24, 2.45) is 0 Å². The second-order valence-corrected chi connectivity index (χ2v) is 9.81. The quantitative estimate of drug-likeness (QED) is 0.494. The summed E-state index contributed by atoms with van der Waals surface area (Å²) < 4.78 is 11.9. The third kappa shape index (κ3) is 4.11. The van der Waals surface area contributed by atoms with Crippen LogP contribution in [0.1, 0.15) is 57.9 Å². The molecule has 0 radical (unpaired) electrons. The third-order valence-corrected chi connectivity index (χ3v) is 7.09. The van der Waals surface area contributed by atoms with Gasteiger partial charge in [0.1, 0.15) is 23.7 Å². The lowest BCUT2D eigenvalue weighted by molar-refractivity contribution is -0.115. The van der Waals surface area contributed by atoms with Gasteiger partial charge >= 0.3 is 5.97 Å². The van der Waals surface area contributed by atoms with Crippen LogP contribution in [0.2, 0.25) is 0 Å². The fourth-order valence-corrected chi connectivity index (χ4v) is 4.86. The van der Waals surface area contributed by atoms with Crippen LogP contribution in [0.3, 0.4) is 0 Å². The van der Waals surface area contributed by atoms with E-state index in [1.165, 1.54) is 0 Å². The second kappa shape index (κ2) is 8.26. The first-order valence-electron chi connectivity index (χ1n) is 10.5. The molecule has 0 saturated carbocycles. The Labute approximate surface area is 196 Å². The summed E-state index contributed by atoms with van der Waals surface area (Å²) in [6.45, 7) is 9.62. The molecule has 172 valence electrons. The third-order valence-electron chi connectivity index (χ3n) is 6.28. The van der Waals surface area contributed by atoms with E-state index in [1.54, 1.807) is 30.3 Å². The smallest absolute Gasteiger partial charge is 0.338 e. The number of thioether (sulfide) groups is 1. The number of phenolic OH excluding ortho intramolecular Hbond substituents is 1. The molecule has 0 unspecified atom stereocenters. The molecular weight excluding hydrogens is 442 g/mol. The number of hydrogen-bond donors (Lipinski definition) is 2. The molecule has 8 heteroatoms. The molecule has 0 aromatic heterocycles. The summed E-state index contributed by atoms with van der Waals surface area (Å²) in [4.78, 5) is 36.0. The zero-order valence-electron chi connectivity index (χ0n) is 19.1. The lowest BCUT2D eigenvalue weighted by Crippen LogP contribution is -2.33. The van der Waals surface area contributed by atoms with Gasteiger partial charge in [-0.25, -0.2) is 4.79 Å². The molecule has 0 spiro atoms. The predicted molar refractivity (Wildman–Crippen MR) is 126 cm³/mol. The number of fused-ring (bicyclic) bond motifs is 1. The van der Waals surface area contributed by atoms with Crippen molar-refractivity contribution >= 4 is 35.0 Å². The topological polar surface area (TPSA) is 102 Å². The van der Waals surface area contributed by atoms with Crippen LogP contribution in [0.25, 0.3) is 6.08 Å². The molecule has 1 atom stereocenters. The number of phenols is 1. The van der Waals surface area contributed by atoms with Gasteiger partial charge in [0, 0.05) is 5.56 Å². The summed E-state index contributed by atoms with van der Waals surface area (Å²) in [6, 6.07) is 6.60. The molecule has 2 amide bonds. The van der Waals surface area contributed by atoms with Gasteiger partial charge in [-0.15, -0.1) is 0 Å². The molecule has 2 N–H and O–H groups in total. The highest BCUT2D eigenvalue weighted by Gasteiger charge is 2.44. The van der Waals surface area contributed by atoms with Gasteiger partial charge in [-0.05, 0) is 86.8 Å². The number of carbonyl (C=O) groups is 3. The number of rotatable bonds is 4. The van der Waals surface area contributed by atoms with Crippen molar-refractivity contribution in [3.63, 3.8) is 0 Å². The van der Waals surface area contributed by atoms with Crippen molar-refractivity contribution in [1.82, 2.24) is 5.32 Å². The first-order chi connectivity index (χ1) is 15.5. The van der Waals surface area contributed by atoms with Crippen molar-refractivity contribution in [3.05, 3.63) is 62.6 Å². The van der Waals surface area contributed by atoms with Crippen LogP contribution in [0.15, 0.2) is 29.2 Å². The van der Waals surface area contributed by atoms with Gasteiger partial charge < -0.3 is 14.6 Å². The van der Waals surface area contributed by atoms with Crippen LogP contribution in [0, 0.1) is 20.8 Å². The van der Waals surface area contributed by atoms with E-state index in [9.17, 15) is 19.5 Å². The van der Waals surface area contributed by atoms with Gasteiger partial charge in [-0.2, -0.15) is 0 Å². The van der Waals surface area contributed by atoms with E-state index in [2.05, 4.69) is 5.32 Å². The average Bonchev–Trinajstić information content (AvgIpc) is 3.23. The number of carbonyl (C=O) groups excluding carboxylic acids is 3. The molecule has 1 fully saturated rings. The molecule has 2 aliphatic rings. The van der Waals surface area contributed by atoms with E-state index in [0.29, 0.717) is 16.0 Å². The fraction of sp³-hybridized carbons (Fsp3) is 0.320. The Kier molecular flexibility index (Phi) is 5.74. The van der Waals surface area contributed by atoms with Gasteiger partial charge in [-0.1, -0.05) is 12.1 Å². The number of imide groups is 1. The Morgan fingerprint density at radius 2 is 1.82 bits per heavy atom. The molecule has 1 saturated heterocycles. The largest absolute Gasteiger partial charge is 0.507 e. The highest BCUT2D eigenvalue weighted by Crippen LogP contribution is 2.51. The van der Waals surface area contributed by atoms with E-state index < -0.39 is 22.7 Å². The maximum atomic E-state index is 12.7. The average molecular weight is 468 g/mol. The van der Waals surface area contributed by atoms with Gasteiger partial charge in [0.05, 0.1) is 16.4 Å². The van der Waals surface area contributed by atoms with Crippen molar-refractivity contribution in [3.8, 4) is 11.5 Å². The summed E-state index contributed by atoms with van der Waals surface area (Å²) in [5.41, 5.74) is 3.74. The van der Waals surface area contributed by atoms with Crippen molar-refractivity contribution in [1.29, 1.82) is 0 Å². The zero-order chi connectivity index (χ0) is 24.1. The second-order valence-electron chi connectivity index (χ2n) is 8.80. The van der Waals surface area contributed by atoms with Gasteiger partial charge in [0.15, 0.2) is 0 Å². The number of benzene rings is 2. The van der Waals surface area contributed by atoms with Crippen LogP contribution in [0.4, 0.5) is 4.79 Å². The van der Waals surface area contributed by atoms with Gasteiger partial charge in [0.25, 0.3) is 11.1 Å². The Balaban J connectivity index is 1.50. The van der Waals surface area contributed by atoms with E-state index >= 15 is 0 Å². The molecule has 33 heavy (non-hydrogen) atoms. The molecule has 2 aromatic carbocycles. The molecule has 2 heterocycles. The van der Waals surface area contributed by atoms with Gasteiger partial charge in [-0.3, -0.25) is 14.9 Å². The minimum Gasteiger partial charge on any atom is -0.507 e. The maximum absolute atomic E-state index is 12.7. The SMILES string of the molecule is Cc1c(C)c2c(c(C)c1O)[C@H](COC(=O)c1ccc(/C=C3\SC(=O)NC3=O)cc1)C(C)(C)O2. The molecular formula is C25H25NO6S. The number of aromatic hydroxyl groups is 1. The summed E-state index contributed by atoms with van der Waals surface area (Å²) >= 11 is 0.840. The normalized spacial score (nSPS) is 19.9. The standard InChI is InChI=1S/C25H25NO6S/c1-12-13(2)21-19(14(3)20(12)27)17(25(4,5)32-21)11-31-23(29)16-8-6-15(7-9-16)10-18-22(28)26-24(30)33-18/h6-10,17,27H,11H2,1-5H3,(H,26,28,30)/b18-10-/t17-/m0/s1. The molecule has 2 aromatic rings. The highest BCUT2D eigenvalue weighted by molar-refractivity contribution is 8.18. The summed E-state index contributed by atoms with van der Waals surface area (Å²) in [6.07, 6.45) is 1.59. The zero-order valence-corrected chi connectivity index (χ0v) is 19.9. The minimum atomic E-state index is -0.606. The van der Waals surface area contributed by atoms with Crippen molar-refractivity contribution in [2.45, 2.75) is 46.1 Å². The molecule has 2 aliphatic heterocycles. The van der Waals surface area contributed by atoms with Crippen molar-refractivity contribution < 1.29 is 29.0 Å². The molecule has 4 rings (SSSR count). The van der Waals surface area contributed by atoms with Gasteiger partial charge in [0.2, 0.25) is 0 Å².